The maximum Gasteiger partial charge on any atom is 0.229 e. The number of hydrogen-bond acceptors (Lipinski definition) is 1. The number of nitrogens with zero attached hydrogens (tertiary/aromatic N) is 1. The second kappa shape index (κ2) is 5.60. The van der Waals surface area contributed by atoms with E-state index in [-0.39, 0.29) is 0 Å². The Hall–Kier alpha value is -2.39. The molecule has 0 amide bonds. The Morgan fingerprint density at radius 1 is 1.00 bits per heavy atom. The normalized spacial score (nSPS) is 17.5. The van der Waals surface area contributed by atoms with Crippen LogP contribution in [-0.2, 0) is 6.54 Å². The third kappa shape index (κ3) is 2.36. The van der Waals surface area contributed by atoms with Crippen LogP contribution < -0.4 is 4.99 Å². The minimum atomic E-state index is -0.400. The highest BCUT2D eigenvalue weighted by Crippen LogP contribution is 2.28. The fourth-order valence-corrected chi connectivity index (χ4v) is 3.69. The van der Waals surface area contributed by atoms with Crippen molar-refractivity contribution in [2.45, 2.75) is 33.4 Å². The van der Waals surface area contributed by atoms with Crippen LogP contribution in [0.4, 0.5) is 0 Å². The molecule has 0 fully saturated rings. The number of aromatic nitrogens is 1. The Kier molecular flexibility index (Phi) is 3.54. The van der Waals surface area contributed by atoms with E-state index in [0.717, 1.165) is 5.71 Å². The molecule has 4 rings (SSSR count). The molecular formula is C21H23N2O+. The number of hydrogen-bond donors (Lipinski definition) is 2. The van der Waals surface area contributed by atoms with Gasteiger partial charge >= 0.3 is 0 Å². The smallest absolute Gasteiger partial charge is 0.229 e. The molecule has 1 aromatic heterocycles. The molecule has 0 saturated heterocycles. The highest BCUT2D eigenvalue weighted by atomic mass is 16.3. The number of β-amino-alcohol motifs (C(OH)–C–C–N with tert-alkyl or cyclic N) is 1. The molecule has 0 saturated carbocycles. The van der Waals surface area contributed by atoms with Gasteiger partial charge in [-0.05, 0) is 50.6 Å². The molecule has 0 aliphatic carbocycles. The zero-order valence-electron chi connectivity index (χ0n) is 14.4. The zero-order chi connectivity index (χ0) is 16.8. The third-order valence-electron chi connectivity index (χ3n) is 4.96. The summed E-state index contributed by atoms with van der Waals surface area (Å²) in [6.07, 6.45) is -0.400. The number of aryl methyl sites for hydroxylation is 3. The fraction of sp³-hybridized carbons (Fsp3) is 0.286. The Balaban J connectivity index is 2.01. The van der Waals surface area contributed by atoms with Gasteiger partial charge in [0.1, 0.15) is 11.8 Å². The summed E-state index contributed by atoms with van der Waals surface area (Å²) in [5, 5.41) is 11.6. The summed E-state index contributed by atoms with van der Waals surface area (Å²) >= 11 is 0. The lowest BCUT2D eigenvalue weighted by molar-refractivity contribution is -0.466. The van der Waals surface area contributed by atoms with Crippen LogP contribution in [0.2, 0.25) is 0 Å². The number of rotatable bonds is 1. The summed E-state index contributed by atoms with van der Waals surface area (Å²) < 4.78 is 2.27. The van der Waals surface area contributed by atoms with E-state index in [0.29, 0.717) is 13.1 Å². The molecule has 0 spiro atoms. The molecule has 1 unspecified atom stereocenters. The van der Waals surface area contributed by atoms with Gasteiger partial charge in [0.15, 0.2) is 6.54 Å². The topological polar surface area (TPSA) is 39.1 Å². The average molecular weight is 319 g/mol. The van der Waals surface area contributed by atoms with Gasteiger partial charge in [-0.1, -0.05) is 29.3 Å². The van der Waals surface area contributed by atoms with Crippen LogP contribution in [0.25, 0.3) is 10.9 Å². The molecule has 24 heavy (non-hydrogen) atoms. The quantitative estimate of drug-likeness (QED) is 0.706. The Morgan fingerprint density at radius 2 is 1.71 bits per heavy atom. The molecule has 2 heterocycles. The summed E-state index contributed by atoms with van der Waals surface area (Å²) in [6.45, 7) is 7.59. The van der Waals surface area contributed by atoms with Crippen LogP contribution in [0, 0.1) is 20.8 Å². The number of benzene rings is 2. The maximum absolute atomic E-state index is 10.4. The molecule has 2 N–H and O–H groups in total. The highest BCUT2D eigenvalue weighted by Gasteiger charge is 2.28. The largest absolute Gasteiger partial charge is 0.385 e. The van der Waals surface area contributed by atoms with E-state index in [1.807, 2.05) is 0 Å². The van der Waals surface area contributed by atoms with Gasteiger partial charge in [-0.2, -0.15) is 0 Å². The van der Waals surface area contributed by atoms with E-state index in [9.17, 15) is 5.11 Å². The van der Waals surface area contributed by atoms with Crippen molar-refractivity contribution in [3.63, 3.8) is 0 Å². The van der Waals surface area contributed by atoms with Gasteiger partial charge in [0.05, 0.1) is 6.54 Å². The van der Waals surface area contributed by atoms with E-state index in [2.05, 4.69) is 72.8 Å². The standard InChI is InChI=1S/C21H22N2O/c1-13-4-7-16(8-5-13)20-21-15(3)18-10-14(2)6-9-19(18)23(21)12-17(24)11-22-20/h4-10,17,24H,11-12H2,1-3H3/p+1. The van der Waals surface area contributed by atoms with E-state index in [1.54, 1.807) is 0 Å². The van der Waals surface area contributed by atoms with Crippen LogP contribution in [0.5, 0.6) is 0 Å². The Labute approximate surface area is 142 Å². The van der Waals surface area contributed by atoms with Crippen molar-refractivity contribution in [3.8, 4) is 0 Å². The highest BCUT2D eigenvalue weighted by molar-refractivity contribution is 6.12. The Morgan fingerprint density at radius 3 is 2.46 bits per heavy atom. The van der Waals surface area contributed by atoms with Crippen molar-refractivity contribution >= 4 is 16.6 Å². The van der Waals surface area contributed by atoms with Crippen LogP contribution in [0.1, 0.15) is 27.9 Å². The SMILES string of the molecule is Cc1ccc(C2=[NH+]CC(O)Cn3c2c(C)c2cc(C)ccc23)cc1. The van der Waals surface area contributed by atoms with Gasteiger partial charge in [-0.3, -0.25) is 0 Å². The number of fused-ring (bicyclic) bond motifs is 3. The minimum absolute atomic E-state index is 0.400. The van der Waals surface area contributed by atoms with Crippen LogP contribution in [0.3, 0.4) is 0 Å². The minimum Gasteiger partial charge on any atom is -0.385 e. The number of aliphatic hydroxyl groups is 1. The van der Waals surface area contributed by atoms with Crippen LogP contribution >= 0.6 is 0 Å². The molecule has 2 aromatic carbocycles. The summed E-state index contributed by atoms with van der Waals surface area (Å²) in [5.41, 5.74) is 8.44. The van der Waals surface area contributed by atoms with E-state index in [4.69, 9.17) is 0 Å². The van der Waals surface area contributed by atoms with Crippen molar-refractivity contribution in [1.29, 1.82) is 0 Å². The average Bonchev–Trinajstić information content (AvgIpc) is 2.71. The summed E-state index contributed by atoms with van der Waals surface area (Å²) in [6, 6.07) is 15.1. The van der Waals surface area contributed by atoms with E-state index >= 15 is 0 Å². The lowest BCUT2D eigenvalue weighted by Gasteiger charge is -2.09. The molecule has 0 bridgehead atoms. The first-order valence-corrected chi connectivity index (χ1v) is 8.50. The summed E-state index contributed by atoms with van der Waals surface area (Å²) in [7, 11) is 0. The lowest BCUT2D eigenvalue weighted by atomic mass is 10.0. The first-order valence-electron chi connectivity index (χ1n) is 8.50. The molecule has 1 aliphatic rings. The van der Waals surface area contributed by atoms with Gasteiger partial charge < -0.3 is 9.67 Å². The second-order valence-electron chi connectivity index (χ2n) is 6.88. The van der Waals surface area contributed by atoms with Crippen molar-refractivity contribution in [2.24, 2.45) is 0 Å². The molecule has 1 atom stereocenters. The molecule has 3 heteroatoms. The van der Waals surface area contributed by atoms with Gasteiger partial charge in [0.25, 0.3) is 0 Å². The van der Waals surface area contributed by atoms with E-state index < -0.39 is 6.10 Å². The molecule has 1 aliphatic heterocycles. The summed E-state index contributed by atoms with van der Waals surface area (Å²) in [5.74, 6) is 0. The molecule has 0 radical (unpaired) electrons. The molecule has 3 nitrogen and oxygen atoms in total. The summed E-state index contributed by atoms with van der Waals surface area (Å²) in [4.78, 5) is 3.49. The predicted octanol–water partition coefficient (Wildman–Crippen LogP) is 1.86. The third-order valence-corrected chi connectivity index (χ3v) is 4.96. The van der Waals surface area contributed by atoms with Gasteiger partial charge in [0, 0.05) is 16.5 Å². The predicted molar refractivity (Wildman–Crippen MR) is 97.6 cm³/mol. The zero-order valence-corrected chi connectivity index (χ0v) is 14.4. The van der Waals surface area contributed by atoms with Gasteiger partial charge in [0.2, 0.25) is 5.71 Å². The van der Waals surface area contributed by atoms with Crippen molar-refractivity contribution in [2.75, 3.05) is 6.54 Å². The number of aliphatic hydroxyl groups excluding tert-OH is 1. The second-order valence-corrected chi connectivity index (χ2v) is 6.88. The first-order chi connectivity index (χ1) is 11.5. The van der Waals surface area contributed by atoms with Crippen molar-refractivity contribution in [3.05, 3.63) is 70.4 Å². The Bertz CT molecular complexity index is 948. The monoisotopic (exact) mass is 319 g/mol. The first kappa shape index (κ1) is 15.2. The van der Waals surface area contributed by atoms with Gasteiger partial charge in [-0.25, -0.2) is 4.99 Å². The molecule has 122 valence electrons. The van der Waals surface area contributed by atoms with E-state index in [1.165, 1.54) is 38.9 Å². The van der Waals surface area contributed by atoms with Crippen LogP contribution in [-0.4, -0.2) is 28.0 Å². The molecular weight excluding hydrogens is 296 g/mol. The lowest BCUT2D eigenvalue weighted by Crippen LogP contribution is -2.75. The van der Waals surface area contributed by atoms with Crippen molar-refractivity contribution < 1.29 is 10.1 Å². The fourth-order valence-electron chi connectivity index (χ4n) is 3.69. The number of nitrogens with one attached hydrogen (secondary N) is 1. The van der Waals surface area contributed by atoms with Crippen LogP contribution in [0.15, 0.2) is 42.5 Å². The maximum atomic E-state index is 10.4. The van der Waals surface area contributed by atoms with Gasteiger partial charge in [-0.15, -0.1) is 0 Å². The van der Waals surface area contributed by atoms with Crippen molar-refractivity contribution in [1.82, 2.24) is 4.57 Å². The molecule has 3 aromatic rings.